The fourth-order valence-corrected chi connectivity index (χ4v) is 3.08. The first kappa shape index (κ1) is 18.6. The standard InChI is InChI=1S/C18H26ClN3O2/c1-18(2,3)22-11-13(9-16(22)23)10-20-17(24)21(4)12-14-7-5-6-8-15(14)19/h5-8,13H,9-12H2,1-4H3,(H,20,24)/t13-/m1/s1. The molecule has 0 aromatic heterocycles. The van der Waals surface area contributed by atoms with Gasteiger partial charge in [-0.05, 0) is 32.4 Å². The second-order valence-corrected chi connectivity index (χ2v) is 7.79. The van der Waals surface area contributed by atoms with E-state index in [1.54, 1.807) is 11.9 Å². The third-order valence-electron chi connectivity index (χ3n) is 4.27. The van der Waals surface area contributed by atoms with Crippen LogP contribution < -0.4 is 5.32 Å². The van der Waals surface area contributed by atoms with Crippen molar-refractivity contribution in [2.75, 3.05) is 20.1 Å². The monoisotopic (exact) mass is 351 g/mol. The Kier molecular flexibility index (Phi) is 5.75. The van der Waals surface area contributed by atoms with Gasteiger partial charge in [0.05, 0.1) is 0 Å². The lowest BCUT2D eigenvalue weighted by Crippen LogP contribution is -2.43. The molecule has 1 N–H and O–H groups in total. The molecule has 1 aromatic rings. The highest BCUT2D eigenvalue weighted by atomic mass is 35.5. The van der Waals surface area contributed by atoms with Crippen molar-refractivity contribution in [3.8, 4) is 0 Å². The largest absolute Gasteiger partial charge is 0.338 e. The van der Waals surface area contributed by atoms with Gasteiger partial charge in [0.2, 0.25) is 5.91 Å². The second kappa shape index (κ2) is 7.43. The van der Waals surface area contributed by atoms with Crippen molar-refractivity contribution in [3.63, 3.8) is 0 Å². The molecule has 0 spiro atoms. The minimum absolute atomic E-state index is 0.156. The molecule has 0 bridgehead atoms. The van der Waals surface area contributed by atoms with Crippen molar-refractivity contribution in [2.24, 2.45) is 5.92 Å². The highest BCUT2D eigenvalue weighted by Gasteiger charge is 2.36. The Balaban J connectivity index is 1.83. The number of rotatable bonds is 4. The zero-order valence-electron chi connectivity index (χ0n) is 14.8. The van der Waals surface area contributed by atoms with Crippen LogP contribution in [0.4, 0.5) is 4.79 Å². The molecule has 6 heteroatoms. The smallest absolute Gasteiger partial charge is 0.317 e. The Bertz CT molecular complexity index is 613. The van der Waals surface area contributed by atoms with Crippen molar-refractivity contribution in [2.45, 2.75) is 39.3 Å². The van der Waals surface area contributed by atoms with E-state index in [0.717, 1.165) is 5.56 Å². The molecular weight excluding hydrogens is 326 g/mol. The van der Waals surface area contributed by atoms with Gasteiger partial charge >= 0.3 is 6.03 Å². The molecule has 1 fully saturated rings. The predicted molar refractivity (Wildman–Crippen MR) is 95.9 cm³/mol. The topological polar surface area (TPSA) is 52.7 Å². The highest BCUT2D eigenvalue weighted by molar-refractivity contribution is 6.31. The number of hydrogen-bond donors (Lipinski definition) is 1. The molecule has 1 atom stereocenters. The maximum atomic E-state index is 12.2. The van der Waals surface area contributed by atoms with Crippen LogP contribution in [0, 0.1) is 5.92 Å². The molecule has 24 heavy (non-hydrogen) atoms. The molecule has 1 aliphatic heterocycles. The summed E-state index contributed by atoms with van der Waals surface area (Å²) in [5.41, 5.74) is 0.739. The molecule has 132 valence electrons. The van der Waals surface area contributed by atoms with Crippen LogP contribution in [-0.4, -0.2) is 47.4 Å². The van der Waals surface area contributed by atoms with E-state index in [4.69, 9.17) is 11.6 Å². The summed E-state index contributed by atoms with van der Waals surface area (Å²) >= 11 is 6.13. The van der Waals surface area contributed by atoms with Gasteiger partial charge in [-0.15, -0.1) is 0 Å². The first-order valence-electron chi connectivity index (χ1n) is 8.21. The number of benzene rings is 1. The maximum Gasteiger partial charge on any atom is 0.317 e. The minimum Gasteiger partial charge on any atom is -0.338 e. The van der Waals surface area contributed by atoms with Crippen LogP contribution in [-0.2, 0) is 11.3 Å². The van der Waals surface area contributed by atoms with Crippen LogP contribution in [0.15, 0.2) is 24.3 Å². The summed E-state index contributed by atoms with van der Waals surface area (Å²) in [6, 6.07) is 7.33. The normalized spacial score (nSPS) is 18.0. The molecule has 1 aromatic carbocycles. The Morgan fingerprint density at radius 3 is 2.62 bits per heavy atom. The molecule has 0 aliphatic carbocycles. The fourth-order valence-electron chi connectivity index (χ4n) is 2.89. The highest BCUT2D eigenvalue weighted by Crippen LogP contribution is 2.25. The van der Waals surface area contributed by atoms with E-state index in [9.17, 15) is 9.59 Å². The quantitative estimate of drug-likeness (QED) is 0.906. The van der Waals surface area contributed by atoms with E-state index in [1.165, 1.54) is 0 Å². The SMILES string of the molecule is CN(Cc1ccccc1Cl)C(=O)NC[C@H]1CC(=O)N(C(C)(C)C)C1. The van der Waals surface area contributed by atoms with Crippen molar-refractivity contribution >= 4 is 23.5 Å². The lowest BCUT2D eigenvalue weighted by atomic mass is 10.1. The predicted octanol–water partition coefficient (Wildman–Crippen LogP) is 3.13. The van der Waals surface area contributed by atoms with E-state index in [0.29, 0.717) is 31.1 Å². The molecule has 3 amide bonds. The lowest BCUT2D eigenvalue weighted by molar-refractivity contribution is -0.131. The zero-order chi connectivity index (χ0) is 17.9. The van der Waals surface area contributed by atoms with Gasteiger partial charge in [-0.3, -0.25) is 4.79 Å². The molecule has 5 nitrogen and oxygen atoms in total. The van der Waals surface area contributed by atoms with Gasteiger partial charge in [-0.1, -0.05) is 29.8 Å². The Hall–Kier alpha value is -1.75. The number of urea groups is 1. The van der Waals surface area contributed by atoms with Gasteiger partial charge in [0.1, 0.15) is 0 Å². The molecule has 1 saturated heterocycles. The summed E-state index contributed by atoms with van der Waals surface area (Å²) in [4.78, 5) is 27.8. The number of halogens is 1. The van der Waals surface area contributed by atoms with Gasteiger partial charge in [-0.25, -0.2) is 4.79 Å². The molecule has 0 unspecified atom stereocenters. The van der Waals surface area contributed by atoms with Crippen LogP contribution >= 0.6 is 11.6 Å². The Morgan fingerprint density at radius 2 is 2.04 bits per heavy atom. The Morgan fingerprint density at radius 1 is 1.38 bits per heavy atom. The summed E-state index contributed by atoms with van der Waals surface area (Å²) in [5.74, 6) is 0.320. The van der Waals surface area contributed by atoms with Crippen LogP contribution in [0.2, 0.25) is 5.02 Å². The van der Waals surface area contributed by atoms with Gasteiger partial charge < -0.3 is 15.1 Å². The van der Waals surface area contributed by atoms with E-state index in [-0.39, 0.29) is 23.4 Å². The number of nitrogens with one attached hydrogen (secondary N) is 1. The van der Waals surface area contributed by atoms with Crippen LogP contribution in [0.1, 0.15) is 32.8 Å². The molecule has 0 radical (unpaired) electrons. The number of carbonyl (C=O) groups excluding carboxylic acids is 2. The fraction of sp³-hybridized carbons (Fsp3) is 0.556. The number of likely N-dealkylation sites (tertiary alicyclic amines) is 1. The van der Waals surface area contributed by atoms with Crippen molar-refractivity contribution in [1.82, 2.24) is 15.1 Å². The summed E-state index contributed by atoms with van der Waals surface area (Å²) in [5, 5.41) is 3.57. The van der Waals surface area contributed by atoms with Gasteiger partial charge in [0.25, 0.3) is 0 Å². The Labute approximate surface area is 149 Å². The maximum absolute atomic E-state index is 12.2. The van der Waals surface area contributed by atoms with E-state index < -0.39 is 0 Å². The summed E-state index contributed by atoms with van der Waals surface area (Å²) < 4.78 is 0. The number of amides is 3. The number of carbonyl (C=O) groups is 2. The van der Waals surface area contributed by atoms with Gasteiger partial charge in [-0.2, -0.15) is 0 Å². The first-order valence-corrected chi connectivity index (χ1v) is 8.59. The summed E-state index contributed by atoms with van der Waals surface area (Å²) in [6.07, 6.45) is 0.492. The van der Waals surface area contributed by atoms with Crippen molar-refractivity contribution in [1.29, 1.82) is 0 Å². The average Bonchev–Trinajstić information content (AvgIpc) is 2.88. The summed E-state index contributed by atoms with van der Waals surface area (Å²) in [7, 11) is 1.74. The van der Waals surface area contributed by atoms with E-state index in [2.05, 4.69) is 5.32 Å². The van der Waals surface area contributed by atoms with Crippen LogP contribution in [0.5, 0.6) is 0 Å². The molecule has 1 heterocycles. The zero-order valence-corrected chi connectivity index (χ0v) is 15.6. The van der Waals surface area contributed by atoms with Gasteiger partial charge in [0.15, 0.2) is 0 Å². The molecular formula is C18H26ClN3O2. The van der Waals surface area contributed by atoms with Crippen molar-refractivity contribution < 1.29 is 9.59 Å². The third-order valence-corrected chi connectivity index (χ3v) is 4.64. The summed E-state index contributed by atoms with van der Waals surface area (Å²) in [6.45, 7) is 7.74. The van der Waals surface area contributed by atoms with E-state index >= 15 is 0 Å². The molecule has 1 aliphatic rings. The molecule has 0 saturated carbocycles. The lowest BCUT2D eigenvalue weighted by Gasteiger charge is -2.32. The average molecular weight is 352 g/mol. The van der Waals surface area contributed by atoms with Crippen LogP contribution in [0.3, 0.4) is 0 Å². The molecule has 2 rings (SSSR count). The van der Waals surface area contributed by atoms with Crippen molar-refractivity contribution in [3.05, 3.63) is 34.9 Å². The number of hydrogen-bond acceptors (Lipinski definition) is 2. The third kappa shape index (κ3) is 4.63. The second-order valence-electron chi connectivity index (χ2n) is 7.38. The van der Waals surface area contributed by atoms with Gasteiger partial charge in [0, 0.05) is 49.6 Å². The number of nitrogens with zero attached hydrogens (tertiary/aromatic N) is 2. The van der Waals surface area contributed by atoms with E-state index in [1.807, 2.05) is 49.9 Å². The minimum atomic E-state index is -0.170. The first-order chi connectivity index (χ1) is 11.2. The van der Waals surface area contributed by atoms with Crippen LogP contribution in [0.25, 0.3) is 0 Å².